The number of fused-ring (bicyclic) bond motifs is 1. The van der Waals surface area contributed by atoms with E-state index in [0.29, 0.717) is 37.2 Å². The number of nitrogens with zero attached hydrogens (tertiary/aromatic N) is 2. The molecule has 2 amide bonds. The molecule has 8 heteroatoms. The largest absolute Gasteiger partial charge is 0.491 e. The number of hydrogen-bond acceptors (Lipinski definition) is 3. The molecular weight excluding hydrogens is 409 g/mol. The predicted octanol–water partition coefficient (Wildman–Crippen LogP) is 4.91. The highest BCUT2D eigenvalue weighted by Crippen LogP contribution is 2.25. The van der Waals surface area contributed by atoms with Crippen molar-refractivity contribution in [3.63, 3.8) is 0 Å². The van der Waals surface area contributed by atoms with Crippen LogP contribution in [0.25, 0.3) is 0 Å². The van der Waals surface area contributed by atoms with Gasteiger partial charge in [0, 0.05) is 26.6 Å². The van der Waals surface area contributed by atoms with Gasteiger partial charge in [0.1, 0.15) is 12.4 Å². The molecule has 0 fully saturated rings. The molecule has 1 aliphatic heterocycles. The summed E-state index contributed by atoms with van der Waals surface area (Å²) in [6.07, 6.45) is -3.25. The van der Waals surface area contributed by atoms with Gasteiger partial charge in [-0.25, -0.2) is 0 Å². The van der Waals surface area contributed by atoms with Crippen molar-refractivity contribution in [3.05, 3.63) is 29.8 Å². The van der Waals surface area contributed by atoms with Gasteiger partial charge in [-0.2, -0.15) is 13.2 Å². The number of ether oxygens (including phenoxy) is 1. The number of alkyl halides is 3. The van der Waals surface area contributed by atoms with Crippen molar-refractivity contribution < 1.29 is 27.5 Å². The van der Waals surface area contributed by atoms with E-state index in [4.69, 9.17) is 4.74 Å². The van der Waals surface area contributed by atoms with Crippen molar-refractivity contribution in [2.75, 3.05) is 26.7 Å². The average molecular weight is 443 g/mol. The molecule has 2 rings (SSSR count). The zero-order chi connectivity index (χ0) is 23.0. The molecule has 174 valence electrons. The van der Waals surface area contributed by atoms with Crippen molar-refractivity contribution in [3.8, 4) is 5.75 Å². The lowest BCUT2D eigenvalue weighted by molar-refractivity contribution is -0.151. The Kier molecular flexibility index (Phi) is 9.19. The molecule has 0 unspecified atom stereocenters. The summed E-state index contributed by atoms with van der Waals surface area (Å²) in [5.41, 5.74) is 0.447. The van der Waals surface area contributed by atoms with Crippen LogP contribution in [0, 0.1) is 5.92 Å². The van der Waals surface area contributed by atoms with Crippen LogP contribution in [0.15, 0.2) is 24.3 Å². The monoisotopic (exact) mass is 442 g/mol. The third-order valence-corrected chi connectivity index (χ3v) is 5.41. The highest BCUT2D eigenvalue weighted by Gasteiger charge is 2.32. The second kappa shape index (κ2) is 11.4. The summed E-state index contributed by atoms with van der Waals surface area (Å²) >= 11 is 0. The van der Waals surface area contributed by atoms with Gasteiger partial charge in [-0.3, -0.25) is 9.59 Å². The van der Waals surface area contributed by atoms with Crippen molar-refractivity contribution in [2.45, 2.75) is 64.6 Å². The molecule has 1 atom stereocenters. The quantitative estimate of drug-likeness (QED) is 0.666. The molecule has 1 aromatic carbocycles. The number of rotatable bonds is 4. The Morgan fingerprint density at radius 1 is 1.16 bits per heavy atom. The molecule has 0 aliphatic carbocycles. The fourth-order valence-electron chi connectivity index (χ4n) is 3.80. The number of benzene rings is 1. The number of amides is 2. The SMILES string of the molecule is CC(C)C[C@H]1COc2ccccc2C(=O)N(C)CCCCCN1C(=O)CCC(F)(F)F. The fourth-order valence-corrected chi connectivity index (χ4v) is 3.80. The molecule has 0 radical (unpaired) electrons. The minimum atomic E-state index is -4.37. The Morgan fingerprint density at radius 2 is 1.84 bits per heavy atom. The molecule has 0 aromatic heterocycles. The van der Waals surface area contributed by atoms with Crippen LogP contribution in [0.3, 0.4) is 0 Å². The third kappa shape index (κ3) is 8.07. The maximum atomic E-state index is 12.8. The van der Waals surface area contributed by atoms with E-state index in [2.05, 4.69) is 0 Å². The van der Waals surface area contributed by atoms with Crippen LogP contribution in [0.1, 0.15) is 62.7 Å². The maximum absolute atomic E-state index is 12.8. The van der Waals surface area contributed by atoms with Crippen molar-refractivity contribution >= 4 is 11.8 Å². The van der Waals surface area contributed by atoms with Crippen molar-refractivity contribution in [1.82, 2.24) is 9.80 Å². The summed E-state index contributed by atoms with van der Waals surface area (Å²) in [5, 5.41) is 0. The second-order valence-corrected chi connectivity index (χ2v) is 8.58. The van der Waals surface area contributed by atoms with Crippen LogP contribution in [0.2, 0.25) is 0 Å². The van der Waals surface area contributed by atoms with E-state index in [1.165, 1.54) is 0 Å². The topological polar surface area (TPSA) is 49.9 Å². The summed E-state index contributed by atoms with van der Waals surface area (Å²) in [7, 11) is 1.74. The van der Waals surface area contributed by atoms with Crippen LogP contribution in [0.4, 0.5) is 13.2 Å². The van der Waals surface area contributed by atoms with Gasteiger partial charge in [0.15, 0.2) is 0 Å². The second-order valence-electron chi connectivity index (χ2n) is 8.58. The lowest BCUT2D eigenvalue weighted by atomic mass is 10.0. The van der Waals surface area contributed by atoms with E-state index in [9.17, 15) is 22.8 Å². The smallest absolute Gasteiger partial charge is 0.389 e. The van der Waals surface area contributed by atoms with Gasteiger partial charge >= 0.3 is 6.18 Å². The number of carbonyl (C=O) groups excluding carboxylic acids is 2. The molecule has 0 N–H and O–H groups in total. The van der Waals surface area contributed by atoms with Crippen LogP contribution < -0.4 is 4.74 Å². The van der Waals surface area contributed by atoms with E-state index < -0.39 is 24.9 Å². The lowest BCUT2D eigenvalue weighted by Gasteiger charge is -2.33. The number of halogens is 3. The summed E-state index contributed by atoms with van der Waals surface area (Å²) < 4.78 is 44.1. The molecule has 1 aromatic rings. The molecule has 0 bridgehead atoms. The van der Waals surface area contributed by atoms with E-state index in [1.807, 2.05) is 13.8 Å². The highest BCUT2D eigenvalue weighted by atomic mass is 19.4. The minimum absolute atomic E-state index is 0.129. The average Bonchev–Trinajstić information content (AvgIpc) is 2.71. The van der Waals surface area contributed by atoms with Crippen LogP contribution in [-0.4, -0.2) is 60.6 Å². The Balaban J connectivity index is 2.29. The maximum Gasteiger partial charge on any atom is 0.389 e. The summed E-state index contributed by atoms with van der Waals surface area (Å²) in [6, 6.07) is 6.60. The van der Waals surface area contributed by atoms with Crippen molar-refractivity contribution in [1.29, 1.82) is 0 Å². The van der Waals surface area contributed by atoms with Gasteiger partial charge in [-0.15, -0.1) is 0 Å². The summed E-state index contributed by atoms with van der Waals surface area (Å²) in [6.45, 7) is 5.09. The first-order valence-electron chi connectivity index (χ1n) is 10.9. The molecule has 0 saturated carbocycles. The van der Waals surface area contributed by atoms with E-state index >= 15 is 0 Å². The van der Waals surface area contributed by atoms with E-state index in [1.54, 1.807) is 41.1 Å². The predicted molar refractivity (Wildman–Crippen MR) is 113 cm³/mol. The van der Waals surface area contributed by atoms with Gasteiger partial charge in [0.2, 0.25) is 5.91 Å². The molecule has 0 spiro atoms. The van der Waals surface area contributed by atoms with E-state index in [-0.39, 0.29) is 24.5 Å². The van der Waals surface area contributed by atoms with E-state index in [0.717, 1.165) is 12.8 Å². The van der Waals surface area contributed by atoms with Crippen LogP contribution in [0.5, 0.6) is 5.75 Å². The van der Waals surface area contributed by atoms with Crippen LogP contribution >= 0.6 is 0 Å². The van der Waals surface area contributed by atoms with Crippen LogP contribution in [-0.2, 0) is 4.79 Å². The Morgan fingerprint density at radius 3 is 2.52 bits per heavy atom. The first kappa shape index (κ1) is 25.0. The normalized spacial score (nSPS) is 19.2. The van der Waals surface area contributed by atoms with Gasteiger partial charge in [-0.05, 0) is 43.7 Å². The summed E-state index contributed by atoms with van der Waals surface area (Å²) in [4.78, 5) is 28.8. The lowest BCUT2D eigenvalue weighted by Crippen LogP contribution is -2.45. The third-order valence-electron chi connectivity index (χ3n) is 5.41. The van der Waals surface area contributed by atoms with Gasteiger partial charge in [-0.1, -0.05) is 26.0 Å². The molecule has 31 heavy (non-hydrogen) atoms. The van der Waals surface area contributed by atoms with Gasteiger partial charge in [0.25, 0.3) is 5.91 Å². The minimum Gasteiger partial charge on any atom is -0.491 e. The molecule has 5 nitrogen and oxygen atoms in total. The standard InChI is InChI=1S/C23H33F3N2O3/c1-17(2)15-18-16-31-20-10-6-5-9-19(20)22(30)27(3)13-7-4-8-14-28(18)21(29)11-12-23(24,25)26/h5-6,9-10,17-18H,4,7-8,11-16H2,1-3H3/t18-/m0/s1. The number of para-hydroxylation sites is 1. The van der Waals surface area contributed by atoms with Gasteiger partial charge < -0.3 is 14.5 Å². The number of carbonyl (C=O) groups is 2. The summed E-state index contributed by atoms with van der Waals surface area (Å²) in [5.74, 6) is 0.0246. The zero-order valence-corrected chi connectivity index (χ0v) is 18.6. The Bertz CT molecular complexity index is 737. The molecule has 1 aliphatic rings. The molecule has 0 saturated heterocycles. The first-order chi connectivity index (χ1) is 14.6. The first-order valence-corrected chi connectivity index (χ1v) is 10.9. The highest BCUT2D eigenvalue weighted by molar-refractivity contribution is 5.96. The zero-order valence-electron chi connectivity index (χ0n) is 18.6. The van der Waals surface area contributed by atoms with Gasteiger partial charge in [0.05, 0.1) is 18.0 Å². The fraction of sp³-hybridized carbons (Fsp3) is 0.652. The Hall–Kier alpha value is -2.25. The van der Waals surface area contributed by atoms with Crippen molar-refractivity contribution in [2.24, 2.45) is 5.92 Å². The molecular formula is C23H33F3N2O3. The molecule has 1 heterocycles. The number of hydrogen-bond donors (Lipinski definition) is 0. The Labute approximate surface area is 182 Å².